The van der Waals surface area contributed by atoms with Crippen LogP contribution in [0.1, 0.15) is 23.6 Å². The molecule has 21 heavy (non-hydrogen) atoms. The summed E-state index contributed by atoms with van der Waals surface area (Å²) in [4.78, 5) is 19.4. The number of fused-ring (bicyclic) bond motifs is 2. The Morgan fingerprint density at radius 1 is 1.10 bits per heavy atom. The van der Waals surface area contributed by atoms with Crippen molar-refractivity contribution in [1.82, 2.24) is 9.97 Å². The van der Waals surface area contributed by atoms with E-state index in [1.165, 1.54) is 11.1 Å². The zero-order chi connectivity index (χ0) is 14.2. The highest BCUT2D eigenvalue weighted by atomic mass is 16.1. The van der Waals surface area contributed by atoms with Crippen LogP contribution in [0.5, 0.6) is 0 Å². The summed E-state index contributed by atoms with van der Waals surface area (Å²) in [5, 5.41) is 3.98. The Labute approximate surface area is 121 Å². The molecule has 0 saturated carbocycles. The van der Waals surface area contributed by atoms with Gasteiger partial charge in [0.25, 0.3) is 5.56 Å². The molecule has 0 spiro atoms. The lowest BCUT2D eigenvalue weighted by Crippen LogP contribution is -2.15. The second-order valence-electron chi connectivity index (χ2n) is 5.37. The van der Waals surface area contributed by atoms with Gasteiger partial charge in [0.2, 0.25) is 5.95 Å². The van der Waals surface area contributed by atoms with Crippen LogP contribution < -0.4 is 10.9 Å². The Kier molecular flexibility index (Phi) is 2.74. The molecular formula is C17H15N3O. The van der Waals surface area contributed by atoms with E-state index in [-0.39, 0.29) is 11.6 Å². The maximum Gasteiger partial charge on any atom is 0.260 e. The van der Waals surface area contributed by atoms with E-state index in [2.05, 4.69) is 39.6 Å². The van der Waals surface area contributed by atoms with E-state index in [9.17, 15) is 4.79 Å². The molecule has 0 bridgehead atoms. The molecule has 104 valence electrons. The second kappa shape index (κ2) is 4.74. The van der Waals surface area contributed by atoms with Crippen LogP contribution in [0.3, 0.4) is 0 Å². The first-order valence-electron chi connectivity index (χ1n) is 7.15. The predicted octanol–water partition coefficient (Wildman–Crippen LogP) is 3.02. The van der Waals surface area contributed by atoms with Gasteiger partial charge in [-0.25, -0.2) is 4.98 Å². The molecular weight excluding hydrogens is 262 g/mol. The number of anilines is 1. The van der Waals surface area contributed by atoms with Crippen molar-refractivity contribution in [3.8, 4) is 0 Å². The summed E-state index contributed by atoms with van der Waals surface area (Å²) in [6, 6.07) is 16.0. The molecule has 1 heterocycles. The van der Waals surface area contributed by atoms with E-state index in [4.69, 9.17) is 0 Å². The number of hydrogen-bond donors (Lipinski definition) is 2. The topological polar surface area (TPSA) is 57.8 Å². The lowest BCUT2D eigenvalue weighted by Gasteiger charge is -2.14. The third-order valence-corrected chi connectivity index (χ3v) is 4.06. The molecule has 1 aromatic heterocycles. The third kappa shape index (κ3) is 2.09. The second-order valence-corrected chi connectivity index (χ2v) is 5.37. The van der Waals surface area contributed by atoms with Crippen molar-refractivity contribution in [3.63, 3.8) is 0 Å². The van der Waals surface area contributed by atoms with Crippen LogP contribution in [0.25, 0.3) is 10.9 Å². The molecule has 1 atom stereocenters. The van der Waals surface area contributed by atoms with E-state index in [0.717, 1.165) is 18.4 Å². The summed E-state index contributed by atoms with van der Waals surface area (Å²) in [5.41, 5.74) is 3.29. The van der Waals surface area contributed by atoms with E-state index in [0.29, 0.717) is 11.3 Å². The highest BCUT2D eigenvalue weighted by Gasteiger charge is 2.22. The molecule has 2 N–H and O–H groups in total. The zero-order valence-electron chi connectivity index (χ0n) is 11.5. The maximum atomic E-state index is 12.1. The minimum absolute atomic E-state index is 0.102. The summed E-state index contributed by atoms with van der Waals surface area (Å²) in [5.74, 6) is 0.542. The van der Waals surface area contributed by atoms with E-state index < -0.39 is 0 Å². The average Bonchev–Trinajstić information content (AvgIpc) is 2.91. The van der Waals surface area contributed by atoms with Crippen molar-refractivity contribution >= 4 is 16.9 Å². The Balaban J connectivity index is 1.71. The van der Waals surface area contributed by atoms with E-state index in [1.807, 2.05) is 18.2 Å². The van der Waals surface area contributed by atoms with Crippen LogP contribution in [-0.2, 0) is 6.42 Å². The number of hydrogen-bond acceptors (Lipinski definition) is 3. The van der Waals surface area contributed by atoms with Gasteiger partial charge < -0.3 is 5.32 Å². The number of para-hydroxylation sites is 1. The van der Waals surface area contributed by atoms with Gasteiger partial charge >= 0.3 is 0 Å². The fourth-order valence-corrected chi connectivity index (χ4v) is 3.03. The Morgan fingerprint density at radius 3 is 2.86 bits per heavy atom. The lowest BCUT2D eigenvalue weighted by atomic mass is 10.1. The Bertz CT molecular complexity index is 869. The van der Waals surface area contributed by atoms with Gasteiger partial charge in [-0.1, -0.05) is 36.4 Å². The third-order valence-electron chi connectivity index (χ3n) is 4.06. The minimum Gasteiger partial charge on any atom is -0.349 e. The lowest BCUT2D eigenvalue weighted by molar-refractivity contribution is 0.751. The smallest absolute Gasteiger partial charge is 0.260 e. The monoisotopic (exact) mass is 277 g/mol. The standard InChI is InChI=1S/C17H15N3O/c21-16-13-7-3-4-8-14(13)18-17(20-16)19-15-10-9-11-5-1-2-6-12(11)15/h1-8,15H,9-10H2,(H2,18,19,20,21). The molecule has 0 radical (unpaired) electrons. The molecule has 1 aliphatic carbocycles. The van der Waals surface area contributed by atoms with Gasteiger partial charge in [0.1, 0.15) is 0 Å². The normalized spacial score (nSPS) is 16.9. The summed E-state index contributed by atoms with van der Waals surface area (Å²) < 4.78 is 0. The van der Waals surface area contributed by atoms with Crippen molar-refractivity contribution in [2.45, 2.75) is 18.9 Å². The molecule has 0 aliphatic heterocycles. The molecule has 4 rings (SSSR count). The summed E-state index contributed by atoms with van der Waals surface area (Å²) in [6.07, 6.45) is 2.08. The van der Waals surface area contributed by atoms with E-state index in [1.54, 1.807) is 6.07 Å². The van der Waals surface area contributed by atoms with Gasteiger partial charge in [0.05, 0.1) is 16.9 Å². The van der Waals surface area contributed by atoms with Crippen LogP contribution in [0, 0.1) is 0 Å². The Morgan fingerprint density at radius 2 is 1.90 bits per heavy atom. The average molecular weight is 277 g/mol. The number of benzene rings is 2. The molecule has 0 amide bonds. The quantitative estimate of drug-likeness (QED) is 0.757. The maximum absolute atomic E-state index is 12.1. The number of rotatable bonds is 2. The first-order valence-corrected chi connectivity index (χ1v) is 7.15. The minimum atomic E-state index is -0.102. The van der Waals surface area contributed by atoms with Crippen molar-refractivity contribution in [3.05, 3.63) is 70.0 Å². The van der Waals surface area contributed by atoms with Gasteiger partial charge in [-0.05, 0) is 36.1 Å². The predicted molar refractivity (Wildman–Crippen MR) is 83.5 cm³/mol. The van der Waals surface area contributed by atoms with Gasteiger partial charge in [0.15, 0.2) is 0 Å². The van der Waals surface area contributed by atoms with Crippen LogP contribution >= 0.6 is 0 Å². The van der Waals surface area contributed by atoms with Gasteiger partial charge in [-0.15, -0.1) is 0 Å². The van der Waals surface area contributed by atoms with Gasteiger partial charge in [-0.2, -0.15) is 0 Å². The fourth-order valence-electron chi connectivity index (χ4n) is 3.03. The molecule has 0 fully saturated rings. The molecule has 0 saturated heterocycles. The van der Waals surface area contributed by atoms with Gasteiger partial charge in [-0.3, -0.25) is 9.78 Å². The molecule has 4 nitrogen and oxygen atoms in total. The van der Waals surface area contributed by atoms with Crippen molar-refractivity contribution in [2.75, 3.05) is 5.32 Å². The molecule has 1 aliphatic rings. The fraction of sp³-hybridized carbons (Fsp3) is 0.176. The summed E-state index contributed by atoms with van der Waals surface area (Å²) in [6.45, 7) is 0. The number of nitrogens with zero attached hydrogens (tertiary/aromatic N) is 1. The van der Waals surface area contributed by atoms with Crippen LogP contribution in [0.2, 0.25) is 0 Å². The zero-order valence-corrected chi connectivity index (χ0v) is 11.5. The molecule has 1 unspecified atom stereocenters. The van der Waals surface area contributed by atoms with Crippen molar-refractivity contribution in [1.29, 1.82) is 0 Å². The number of aromatic amines is 1. The van der Waals surface area contributed by atoms with Crippen LogP contribution in [0.4, 0.5) is 5.95 Å². The first-order chi connectivity index (χ1) is 10.3. The molecule has 2 aromatic carbocycles. The van der Waals surface area contributed by atoms with Crippen molar-refractivity contribution in [2.24, 2.45) is 0 Å². The highest BCUT2D eigenvalue weighted by Crippen LogP contribution is 2.32. The molecule has 3 aromatic rings. The number of aromatic nitrogens is 2. The van der Waals surface area contributed by atoms with E-state index >= 15 is 0 Å². The highest BCUT2D eigenvalue weighted by molar-refractivity contribution is 5.78. The number of H-pyrrole nitrogens is 1. The summed E-state index contributed by atoms with van der Waals surface area (Å²) >= 11 is 0. The summed E-state index contributed by atoms with van der Waals surface area (Å²) in [7, 11) is 0. The van der Waals surface area contributed by atoms with Crippen LogP contribution in [0.15, 0.2) is 53.3 Å². The largest absolute Gasteiger partial charge is 0.349 e. The number of nitrogens with one attached hydrogen (secondary N) is 2. The SMILES string of the molecule is O=c1[nH]c(NC2CCc3ccccc32)nc2ccccc12. The van der Waals surface area contributed by atoms with Crippen molar-refractivity contribution < 1.29 is 0 Å². The number of aryl methyl sites for hydroxylation is 1. The van der Waals surface area contributed by atoms with Gasteiger partial charge in [0, 0.05) is 0 Å². The Hall–Kier alpha value is -2.62. The first kappa shape index (κ1) is 12.1. The molecule has 4 heteroatoms. The van der Waals surface area contributed by atoms with Crippen LogP contribution in [-0.4, -0.2) is 9.97 Å².